The summed E-state index contributed by atoms with van der Waals surface area (Å²) < 4.78 is 27.0. The number of fused-ring (bicyclic) bond motifs is 2. The zero-order valence-electron chi connectivity index (χ0n) is 14.8. The van der Waals surface area contributed by atoms with Crippen molar-refractivity contribution in [2.75, 3.05) is 17.7 Å². The van der Waals surface area contributed by atoms with Gasteiger partial charge >= 0.3 is 0 Å². The quantitative estimate of drug-likeness (QED) is 0.757. The van der Waals surface area contributed by atoms with E-state index in [2.05, 4.69) is 31.8 Å². The lowest BCUT2D eigenvalue weighted by atomic mass is 10.1. The summed E-state index contributed by atoms with van der Waals surface area (Å²) in [4.78, 5) is 6.95. The Bertz CT molecular complexity index is 1070. The molecule has 1 N–H and O–H groups in total. The molecular weight excluding hydrogens is 350 g/mol. The molecule has 4 rings (SSSR count). The highest BCUT2D eigenvalue weighted by Gasteiger charge is 2.21. The van der Waals surface area contributed by atoms with Crippen LogP contribution < -0.4 is 9.62 Å². The maximum absolute atomic E-state index is 11.3. The molecule has 0 fully saturated rings. The van der Waals surface area contributed by atoms with E-state index in [4.69, 9.17) is 0 Å². The van der Waals surface area contributed by atoms with Crippen molar-refractivity contribution in [1.82, 2.24) is 19.5 Å². The SMILES string of the molecule is Cc1cc(N2CCn3nc(CNS(C)(=O)=O)cc3C2)c2ccccc2n1. The van der Waals surface area contributed by atoms with Crippen LogP contribution in [0.25, 0.3) is 10.9 Å². The Morgan fingerprint density at radius 3 is 2.81 bits per heavy atom. The maximum atomic E-state index is 11.3. The van der Waals surface area contributed by atoms with E-state index in [1.165, 1.54) is 5.69 Å². The summed E-state index contributed by atoms with van der Waals surface area (Å²) in [7, 11) is -3.22. The van der Waals surface area contributed by atoms with Crippen molar-refractivity contribution >= 4 is 26.6 Å². The van der Waals surface area contributed by atoms with Crippen LogP contribution in [0.3, 0.4) is 0 Å². The number of aryl methyl sites for hydroxylation is 1. The number of aromatic nitrogens is 3. The van der Waals surface area contributed by atoms with E-state index in [1.807, 2.05) is 35.9 Å². The normalized spacial score (nSPS) is 14.6. The second-order valence-corrected chi connectivity index (χ2v) is 8.50. The topological polar surface area (TPSA) is 80.1 Å². The maximum Gasteiger partial charge on any atom is 0.209 e. The van der Waals surface area contributed by atoms with Crippen molar-refractivity contribution in [3.63, 3.8) is 0 Å². The molecule has 8 heteroatoms. The molecule has 0 unspecified atom stereocenters. The molecule has 7 nitrogen and oxygen atoms in total. The zero-order chi connectivity index (χ0) is 18.3. The molecule has 26 heavy (non-hydrogen) atoms. The van der Waals surface area contributed by atoms with Gasteiger partial charge in [-0.2, -0.15) is 5.10 Å². The van der Waals surface area contributed by atoms with Crippen LogP contribution in [0.1, 0.15) is 17.1 Å². The van der Waals surface area contributed by atoms with Gasteiger partial charge in [-0.3, -0.25) is 9.67 Å². The summed E-state index contributed by atoms with van der Waals surface area (Å²) in [5.74, 6) is 0. The first-order valence-corrected chi connectivity index (χ1v) is 10.4. The van der Waals surface area contributed by atoms with Crippen molar-refractivity contribution in [3.05, 3.63) is 53.5 Å². The van der Waals surface area contributed by atoms with Gasteiger partial charge in [0.05, 0.1) is 42.8 Å². The van der Waals surface area contributed by atoms with Gasteiger partial charge in [-0.15, -0.1) is 0 Å². The zero-order valence-corrected chi connectivity index (χ0v) is 15.6. The number of rotatable bonds is 4. The first kappa shape index (κ1) is 17.0. The number of nitrogens with zero attached hydrogens (tertiary/aromatic N) is 4. The number of hydrogen-bond acceptors (Lipinski definition) is 5. The Labute approximate surface area is 152 Å². The molecule has 0 amide bonds. The number of para-hydroxylation sites is 1. The predicted molar refractivity (Wildman–Crippen MR) is 101 cm³/mol. The van der Waals surface area contributed by atoms with Crippen LogP contribution in [-0.2, 0) is 29.7 Å². The minimum atomic E-state index is -3.22. The fourth-order valence-electron chi connectivity index (χ4n) is 3.37. The van der Waals surface area contributed by atoms with Crippen LogP contribution in [0.2, 0.25) is 0 Å². The monoisotopic (exact) mass is 371 g/mol. The van der Waals surface area contributed by atoms with Crippen molar-refractivity contribution in [1.29, 1.82) is 0 Å². The molecule has 0 aliphatic carbocycles. The van der Waals surface area contributed by atoms with Crippen LogP contribution in [0.4, 0.5) is 5.69 Å². The second kappa shape index (κ2) is 6.37. The molecule has 2 aromatic heterocycles. The van der Waals surface area contributed by atoms with E-state index >= 15 is 0 Å². The lowest BCUT2D eigenvalue weighted by Crippen LogP contribution is -2.34. The summed E-state index contributed by atoms with van der Waals surface area (Å²) in [6.45, 7) is 4.58. The molecule has 0 spiro atoms. The minimum Gasteiger partial charge on any atom is -0.363 e. The Balaban J connectivity index is 1.62. The lowest BCUT2D eigenvalue weighted by Gasteiger charge is -2.30. The number of pyridine rings is 1. The third-order valence-electron chi connectivity index (χ3n) is 4.53. The predicted octanol–water partition coefficient (Wildman–Crippen LogP) is 1.81. The molecule has 1 aliphatic rings. The van der Waals surface area contributed by atoms with E-state index in [9.17, 15) is 8.42 Å². The Kier molecular flexibility index (Phi) is 4.16. The highest BCUT2D eigenvalue weighted by atomic mass is 32.2. The summed E-state index contributed by atoms with van der Waals surface area (Å²) in [6, 6.07) is 12.3. The highest BCUT2D eigenvalue weighted by molar-refractivity contribution is 7.88. The molecule has 1 aliphatic heterocycles. The Hall–Kier alpha value is -2.45. The second-order valence-electron chi connectivity index (χ2n) is 6.66. The third kappa shape index (κ3) is 3.42. The van der Waals surface area contributed by atoms with Gasteiger partial charge in [0.2, 0.25) is 10.0 Å². The summed E-state index contributed by atoms with van der Waals surface area (Å²) in [5.41, 5.74) is 5.00. The van der Waals surface area contributed by atoms with Gasteiger partial charge in [0.15, 0.2) is 0 Å². The summed E-state index contributed by atoms with van der Waals surface area (Å²) in [5, 5.41) is 5.66. The fraction of sp³-hybridized carbons (Fsp3) is 0.333. The Morgan fingerprint density at radius 1 is 1.19 bits per heavy atom. The molecule has 1 aromatic carbocycles. The smallest absolute Gasteiger partial charge is 0.209 e. The molecule has 0 saturated heterocycles. The van der Waals surface area contributed by atoms with Crippen molar-refractivity contribution < 1.29 is 8.42 Å². The van der Waals surface area contributed by atoms with Gasteiger partial charge in [0.25, 0.3) is 0 Å². The summed E-state index contributed by atoms with van der Waals surface area (Å²) in [6.07, 6.45) is 1.15. The van der Waals surface area contributed by atoms with Crippen LogP contribution >= 0.6 is 0 Å². The van der Waals surface area contributed by atoms with Crippen LogP contribution in [0.5, 0.6) is 0 Å². The van der Waals surface area contributed by atoms with E-state index in [1.54, 1.807) is 0 Å². The number of anilines is 1. The molecule has 0 radical (unpaired) electrons. The van der Waals surface area contributed by atoms with Crippen LogP contribution in [-0.4, -0.2) is 36.0 Å². The van der Waals surface area contributed by atoms with Crippen molar-refractivity contribution in [3.8, 4) is 0 Å². The van der Waals surface area contributed by atoms with Crippen LogP contribution in [0, 0.1) is 6.92 Å². The van der Waals surface area contributed by atoms with Gasteiger partial charge < -0.3 is 4.90 Å². The van der Waals surface area contributed by atoms with Gasteiger partial charge in [-0.25, -0.2) is 13.1 Å². The summed E-state index contributed by atoms with van der Waals surface area (Å²) >= 11 is 0. The molecule has 0 bridgehead atoms. The standard InChI is InChI=1S/C18H21N5O2S/c1-13-9-18(16-5-3-4-6-17(16)20-13)22-7-8-23-15(12-22)10-14(21-23)11-19-26(2,24)25/h3-6,9-10,19H,7-8,11-12H2,1-2H3. The fourth-order valence-corrected chi connectivity index (χ4v) is 3.78. The van der Waals surface area contributed by atoms with Gasteiger partial charge in [-0.05, 0) is 25.1 Å². The van der Waals surface area contributed by atoms with Crippen LogP contribution in [0.15, 0.2) is 36.4 Å². The number of sulfonamides is 1. The average molecular weight is 371 g/mol. The third-order valence-corrected chi connectivity index (χ3v) is 5.20. The minimum absolute atomic E-state index is 0.218. The molecular formula is C18H21N5O2S. The Morgan fingerprint density at radius 2 is 2.00 bits per heavy atom. The molecule has 3 aromatic rings. The molecule has 136 valence electrons. The molecule has 3 heterocycles. The van der Waals surface area contributed by atoms with Gasteiger partial charge in [0.1, 0.15) is 0 Å². The lowest BCUT2D eigenvalue weighted by molar-refractivity contribution is 0.516. The number of nitrogens with one attached hydrogen (secondary N) is 1. The molecule has 0 atom stereocenters. The van der Waals surface area contributed by atoms with Crippen molar-refractivity contribution in [2.24, 2.45) is 0 Å². The first-order chi connectivity index (χ1) is 12.4. The first-order valence-electron chi connectivity index (χ1n) is 8.51. The largest absolute Gasteiger partial charge is 0.363 e. The number of benzene rings is 1. The number of hydrogen-bond donors (Lipinski definition) is 1. The van der Waals surface area contributed by atoms with E-state index in [-0.39, 0.29) is 6.54 Å². The molecule has 0 saturated carbocycles. The van der Waals surface area contributed by atoms with Crippen molar-refractivity contribution in [2.45, 2.75) is 26.6 Å². The van der Waals surface area contributed by atoms with Gasteiger partial charge in [0, 0.05) is 23.3 Å². The van der Waals surface area contributed by atoms with E-state index < -0.39 is 10.0 Å². The van der Waals surface area contributed by atoms with E-state index in [0.29, 0.717) is 0 Å². The van der Waals surface area contributed by atoms with Gasteiger partial charge in [-0.1, -0.05) is 18.2 Å². The van der Waals surface area contributed by atoms with E-state index in [0.717, 1.165) is 53.9 Å². The average Bonchev–Trinajstić information content (AvgIpc) is 3.00. The highest BCUT2D eigenvalue weighted by Crippen LogP contribution is 2.29.